The lowest BCUT2D eigenvalue weighted by Crippen LogP contribution is -1.88. The zero-order valence-electron chi connectivity index (χ0n) is 7.23. The highest BCUT2D eigenvalue weighted by Crippen LogP contribution is 2.30. The Labute approximate surface area is 75.0 Å². The van der Waals surface area contributed by atoms with Gasteiger partial charge < -0.3 is 0 Å². The van der Waals surface area contributed by atoms with Crippen molar-refractivity contribution in [2.75, 3.05) is 0 Å². The Kier molecular flexibility index (Phi) is 3.96. The molecule has 0 aliphatic rings. The van der Waals surface area contributed by atoms with Crippen molar-refractivity contribution in [1.82, 2.24) is 0 Å². The fourth-order valence-electron chi connectivity index (χ4n) is 1.23. The van der Waals surface area contributed by atoms with Gasteiger partial charge >= 0.3 is 0 Å². The Morgan fingerprint density at radius 3 is 2.50 bits per heavy atom. The van der Waals surface area contributed by atoms with E-state index in [-0.39, 0.29) is 14.1 Å². The van der Waals surface area contributed by atoms with Crippen molar-refractivity contribution in [3.8, 4) is 0 Å². The maximum Gasteiger partial charge on any atom is 0.163 e. The standard InChI is InChI=1S/C10H13OP/c1-2-6-10(12-11)9-7-4-3-5-8-9/h3-5,7-8,10H,2,6H2,1H3. The molecule has 0 saturated carbocycles. The fourth-order valence-corrected chi connectivity index (χ4v) is 1.89. The van der Waals surface area contributed by atoms with E-state index in [2.05, 4.69) is 6.92 Å². The summed E-state index contributed by atoms with van der Waals surface area (Å²) in [4.78, 5) is 0. The van der Waals surface area contributed by atoms with Gasteiger partial charge in [0.1, 0.15) is 0 Å². The highest BCUT2D eigenvalue weighted by atomic mass is 31.1. The zero-order chi connectivity index (χ0) is 8.81. The van der Waals surface area contributed by atoms with Crippen LogP contribution in [0.3, 0.4) is 0 Å². The molecule has 1 unspecified atom stereocenters. The van der Waals surface area contributed by atoms with Crippen molar-refractivity contribution >= 4 is 8.46 Å². The maximum atomic E-state index is 10.8. The molecule has 1 rings (SSSR count). The summed E-state index contributed by atoms with van der Waals surface area (Å²) in [5.74, 6) is 0. The van der Waals surface area contributed by atoms with Gasteiger partial charge in [-0.25, -0.2) is 0 Å². The van der Waals surface area contributed by atoms with E-state index in [1.54, 1.807) is 0 Å². The lowest BCUT2D eigenvalue weighted by molar-refractivity contribution is 0.586. The lowest BCUT2D eigenvalue weighted by Gasteiger charge is -2.06. The van der Waals surface area contributed by atoms with Crippen LogP contribution in [-0.4, -0.2) is 0 Å². The molecule has 12 heavy (non-hydrogen) atoms. The summed E-state index contributed by atoms with van der Waals surface area (Å²) in [5, 5.41) is 0. The van der Waals surface area contributed by atoms with Gasteiger partial charge in [-0.1, -0.05) is 43.7 Å². The zero-order valence-corrected chi connectivity index (χ0v) is 8.13. The second-order valence-corrected chi connectivity index (χ2v) is 3.65. The predicted molar refractivity (Wildman–Crippen MR) is 51.7 cm³/mol. The normalized spacial score (nSPS) is 13.1. The molecular weight excluding hydrogens is 167 g/mol. The molecule has 1 nitrogen and oxygen atoms in total. The van der Waals surface area contributed by atoms with E-state index in [0.717, 1.165) is 12.8 Å². The fraction of sp³-hybridized carbons (Fsp3) is 0.400. The van der Waals surface area contributed by atoms with Crippen molar-refractivity contribution in [2.24, 2.45) is 0 Å². The van der Waals surface area contributed by atoms with Gasteiger partial charge in [0.25, 0.3) is 0 Å². The molecule has 0 fully saturated rings. The monoisotopic (exact) mass is 180 g/mol. The first-order valence-electron chi connectivity index (χ1n) is 4.26. The summed E-state index contributed by atoms with van der Waals surface area (Å²) in [5.41, 5.74) is 1.37. The molecular formula is C10H13OP. The van der Waals surface area contributed by atoms with Gasteiger partial charge in [0, 0.05) is 0 Å². The van der Waals surface area contributed by atoms with Gasteiger partial charge in [0.2, 0.25) is 0 Å². The number of hydrogen-bond donors (Lipinski definition) is 0. The molecule has 0 aliphatic heterocycles. The highest BCUT2D eigenvalue weighted by molar-refractivity contribution is 7.24. The number of hydrogen-bond acceptors (Lipinski definition) is 1. The van der Waals surface area contributed by atoms with Gasteiger partial charge in [0.05, 0.1) is 5.66 Å². The van der Waals surface area contributed by atoms with Crippen LogP contribution >= 0.6 is 8.46 Å². The Hall–Kier alpha value is -0.680. The number of benzene rings is 1. The lowest BCUT2D eigenvalue weighted by atomic mass is 10.1. The summed E-state index contributed by atoms with van der Waals surface area (Å²) in [7, 11) is 0.240. The van der Waals surface area contributed by atoms with Crippen molar-refractivity contribution in [3.63, 3.8) is 0 Å². The molecule has 0 saturated heterocycles. The summed E-state index contributed by atoms with van der Waals surface area (Å²) in [6.45, 7) is 2.11. The van der Waals surface area contributed by atoms with E-state index in [9.17, 15) is 4.57 Å². The van der Waals surface area contributed by atoms with E-state index in [1.807, 2.05) is 30.3 Å². The first kappa shape index (κ1) is 9.41. The third-order valence-electron chi connectivity index (χ3n) is 1.87. The third kappa shape index (κ3) is 2.42. The van der Waals surface area contributed by atoms with Gasteiger partial charge in [-0.15, -0.1) is 0 Å². The third-order valence-corrected chi connectivity index (χ3v) is 2.68. The van der Waals surface area contributed by atoms with Crippen LogP contribution in [0.5, 0.6) is 0 Å². The minimum atomic E-state index is 0.191. The summed E-state index contributed by atoms with van der Waals surface area (Å²) in [6.07, 6.45) is 2.07. The van der Waals surface area contributed by atoms with Crippen LogP contribution in [0.4, 0.5) is 0 Å². The van der Waals surface area contributed by atoms with Crippen molar-refractivity contribution in [3.05, 3.63) is 35.9 Å². The average Bonchev–Trinajstić information content (AvgIpc) is 2.15. The van der Waals surface area contributed by atoms with Crippen LogP contribution in [0.2, 0.25) is 0 Å². The van der Waals surface area contributed by atoms with E-state index in [0.29, 0.717) is 0 Å². The Morgan fingerprint density at radius 1 is 1.33 bits per heavy atom. The van der Waals surface area contributed by atoms with Gasteiger partial charge in [-0.2, -0.15) is 0 Å². The molecule has 1 aromatic carbocycles. The minimum Gasteiger partial charge on any atom is -0.274 e. The second-order valence-electron chi connectivity index (χ2n) is 2.82. The van der Waals surface area contributed by atoms with Crippen LogP contribution in [0.15, 0.2) is 30.3 Å². The Morgan fingerprint density at radius 2 is 2.00 bits per heavy atom. The van der Waals surface area contributed by atoms with Crippen molar-refractivity contribution in [1.29, 1.82) is 0 Å². The van der Waals surface area contributed by atoms with Gasteiger partial charge in [0.15, 0.2) is 8.46 Å². The quantitative estimate of drug-likeness (QED) is 0.643. The van der Waals surface area contributed by atoms with Crippen molar-refractivity contribution < 1.29 is 4.57 Å². The molecule has 64 valence electrons. The van der Waals surface area contributed by atoms with Crippen LogP contribution < -0.4 is 0 Å². The van der Waals surface area contributed by atoms with Gasteiger partial charge in [-0.05, 0) is 12.0 Å². The highest BCUT2D eigenvalue weighted by Gasteiger charge is 2.08. The van der Waals surface area contributed by atoms with Crippen LogP contribution in [-0.2, 0) is 4.57 Å². The molecule has 0 heterocycles. The summed E-state index contributed by atoms with van der Waals surface area (Å²) in [6, 6.07) is 10.0. The summed E-state index contributed by atoms with van der Waals surface area (Å²) < 4.78 is 10.8. The van der Waals surface area contributed by atoms with Gasteiger partial charge in [-0.3, -0.25) is 4.57 Å². The topological polar surface area (TPSA) is 17.1 Å². The molecule has 2 heteroatoms. The predicted octanol–water partition coefficient (Wildman–Crippen LogP) is 3.82. The molecule has 0 radical (unpaired) electrons. The minimum absolute atomic E-state index is 0.191. The molecule has 0 aromatic heterocycles. The second kappa shape index (κ2) is 5.05. The van der Waals surface area contributed by atoms with Crippen molar-refractivity contribution in [2.45, 2.75) is 25.4 Å². The SMILES string of the molecule is CCCC(P=O)c1ccccc1. The van der Waals surface area contributed by atoms with E-state index < -0.39 is 0 Å². The first-order valence-corrected chi connectivity index (χ1v) is 5.14. The van der Waals surface area contributed by atoms with Crippen LogP contribution in [0, 0.1) is 0 Å². The molecule has 0 aliphatic carbocycles. The summed E-state index contributed by atoms with van der Waals surface area (Å²) >= 11 is 0. The largest absolute Gasteiger partial charge is 0.274 e. The average molecular weight is 180 g/mol. The van der Waals surface area contributed by atoms with E-state index >= 15 is 0 Å². The first-order chi connectivity index (χ1) is 5.88. The molecule has 0 bridgehead atoms. The number of rotatable bonds is 4. The maximum absolute atomic E-state index is 10.8. The van der Waals surface area contributed by atoms with Crippen LogP contribution in [0.1, 0.15) is 31.0 Å². The molecule has 1 aromatic rings. The molecule has 0 amide bonds. The van der Waals surface area contributed by atoms with Crippen LogP contribution in [0.25, 0.3) is 0 Å². The smallest absolute Gasteiger partial charge is 0.163 e. The molecule has 0 N–H and O–H groups in total. The molecule has 1 atom stereocenters. The Balaban J connectivity index is 2.73. The molecule has 0 spiro atoms. The van der Waals surface area contributed by atoms with E-state index in [4.69, 9.17) is 0 Å². The Bertz CT molecular complexity index is 233. The van der Waals surface area contributed by atoms with E-state index in [1.165, 1.54) is 5.56 Å².